The van der Waals surface area contributed by atoms with E-state index in [0.29, 0.717) is 11.1 Å². The monoisotopic (exact) mass is 433 g/mol. The van der Waals surface area contributed by atoms with E-state index in [2.05, 4.69) is 20.9 Å². The Hall–Kier alpha value is -2.29. The maximum Gasteiger partial charge on any atom is 0.433 e. The first-order valence-corrected chi connectivity index (χ1v) is 8.43. The van der Waals surface area contributed by atoms with Gasteiger partial charge in [0, 0.05) is 11.8 Å². The number of carbonyl (C=O) groups is 1. The minimum atomic E-state index is -4.49. The van der Waals surface area contributed by atoms with Gasteiger partial charge in [-0.05, 0) is 18.2 Å². The largest absolute Gasteiger partial charge is 0.492 e. The molecule has 0 atom stereocenters. The van der Waals surface area contributed by atoms with Crippen molar-refractivity contribution in [1.82, 2.24) is 4.98 Å². The molecule has 0 spiro atoms. The molecule has 1 aromatic carbocycles. The van der Waals surface area contributed by atoms with Gasteiger partial charge in [0.1, 0.15) is 12.3 Å². The average Bonchev–Trinajstić information content (AvgIpc) is 2.64. The molecule has 0 fully saturated rings. The fourth-order valence-electron chi connectivity index (χ4n) is 2.18. The van der Waals surface area contributed by atoms with Crippen LogP contribution in [0.15, 0.2) is 30.5 Å². The molecule has 0 saturated carbocycles. The summed E-state index contributed by atoms with van der Waals surface area (Å²) >= 11 is 3.10. The topological polar surface area (TPSA) is 57.7 Å². The smallest absolute Gasteiger partial charge is 0.433 e. The number of methoxy groups -OCH3 is 2. The Labute approximate surface area is 156 Å². The van der Waals surface area contributed by atoms with Crippen molar-refractivity contribution < 1.29 is 32.2 Å². The van der Waals surface area contributed by atoms with Crippen molar-refractivity contribution in [2.75, 3.05) is 19.5 Å². The minimum Gasteiger partial charge on any atom is -0.492 e. The van der Waals surface area contributed by atoms with E-state index in [1.54, 1.807) is 0 Å². The standard InChI is InChI=1S/C17H15BrF3NO4/c1-24-15-11(12(23)7-18)4-5-13(16(15)25-2)26-9-10-3-6-14(22-8-10)17(19,20)21/h3-6,8H,7,9H2,1-2H3. The molecule has 0 amide bonds. The number of ketones is 1. The van der Waals surface area contributed by atoms with Gasteiger partial charge in [0.05, 0.1) is 25.1 Å². The molecule has 9 heteroatoms. The molecule has 0 aliphatic rings. The molecule has 140 valence electrons. The molecule has 0 N–H and O–H groups in total. The van der Waals surface area contributed by atoms with E-state index in [4.69, 9.17) is 14.2 Å². The second kappa shape index (κ2) is 8.39. The summed E-state index contributed by atoms with van der Waals surface area (Å²) in [7, 11) is 2.79. The zero-order valence-electron chi connectivity index (χ0n) is 13.9. The van der Waals surface area contributed by atoms with Crippen molar-refractivity contribution in [3.63, 3.8) is 0 Å². The Bertz CT molecular complexity index is 779. The van der Waals surface area contributed by atoms with Crippen LogP contribution >= 0.6 is 15.9 Å². The van der Waals surface area contributed by atoms with Crippen LogP contribution in [0.1, 0.15) is 21.6 Å². The molecule has 5 nitrogen and oxygen atoms in total. The van der Waals surface area contributed by atoms with E-state index < -0.39 is 11.9 Å². The summed E-state index contributed by atoms with van der Waals surface area (Å²) in [6.07, 6.45) is -3.40. The van der Waals surface area contributed by atoms with Crippen LogP contribution in [-0.4, -0.2) is 30.3 Å². The second-order valence-corrected chi connectivity index (χ2v) is 5.63. The van der Waals surface area contributed by atoms with Crippen molar-refractivity contribution in [2.24, 2.45) is 0 Å². The maximum atomic E-state index is 12.5. The third kappa shape index (κ3) is 4.46. The minimum absolute atomic E-state index is 0.0314. The highest BCUT2D eigenvalue weighted by atomic mass is 79.9. The molecule has 0 saturated heterocycles. The predicted molar refractivity (Wildman–Crippen MR) is 91.2 cm³/mol. The highest BCUT2D eigenvalue weighted by Gasteiger charge is 2.32. The summed E-state index contributed by atoms with van der Waals surface area (Å²) in [6.45, 7) is -0.0314. The number of ether oxygens (including phenoxy) is 3. The van der Waals surface area contributed by atoms with Gasteiger partial charge >= 0.3 is 6.18 Å². The Morgan fingerprint density at radius 3 is 2.31 bits per heavy atom. The fraction of sp³-hybridized carbons (Fsp3) is 0.294. The summed E-state index contributed by atoms with van der Waals surface area (Å²) in [6, 6.07) is 5.23. The average molecular weight is 434 g/mol. The SMILES string of the molecule is COc1c(OCc2ccc(C(F)(F)F)nc2)ccc(C(=O)CBr)c1OC. The number of Topliss-reactive ketones (excluding diaryl/α,β-unsaturated/α-hetero) is 1. The molecule has 26 heavy (non-hydrogen) atoms. The highest BCUT2D eigenvalue weighted by Crippen LogP contribution is 2.40. The van der Waals surface area contributed by atoms with Crippen LogP contribution in [-0.2, 0) is 12.8 Å². The number of nitrogens with zero attached hydrogens (tertiary/aromatic N) is 1. The lowest BCUT2D eigenvalue weighted by Crippen LogP contribution is -2.08. The van der Waals surface area contributed by atoms with E-state index in [1.165, 1.54) is 32.4 Å². The first-order valence-electron chi connectivity index (χ1n) is 7.30. The molecule has 0 bridgehead atoms. The van der Waals surface area contributed by atoms with Crippen LogP contribution < -0.4 is 14.2 Å². The zero-order chi connectivity index (χ0) is 19.3. The normalized spacial score (nSPS) is 11.2. The van der Waals surface area contributed by atoms with Crippen molar-refractivity contribution in [1.29, 1.82) is 0 Å². The lowest BCUT2D eigenvalue weighted by Gasteiger charge is -2.16. The summed E-state index contributed by atoms with van der Waals surface area (Å²) in [5.41, 5.74) is -0.206. The number of rotatable bonds is 7. The van der Waals surface area contributed by atoms with Crippen LogP contribution in [0.5, 0.6) is 17.2 Å². The molecular weight excluding hydrogens is 419 g/mol. The number of pyridine rings is 1. The van der Waals surface area contributed by atoms with E-state index >= 15 is 0 Å². The molecule has 0 aliphatic carbocycles. The zero-order valence-corrected chi connectivity index (χ0v) is 15.5. The third-order valence-corrected chi connectivity index (χ3v) is 3.92. The molecule has 0 unspecified atom stereocenters. The molecule has 0 aliphatic heterocycles. The van der Waals surface area contributed by atoms with E-state index in [0.717, 1.165) is 12.3 Å². The van der Waals surface area contributed by atoms with Crippen molar-refractivity contribution in [2.45, 2.75) is 12.8 Å². The molecule has 1 heterocycles. The van der Waals surface area contributed by atoms with Gasteiger partial charge in [-0.1, -0.05) is 22.0 Å². The van der Waals surface area contributed by atoms with Gasteiger partial charge in [0.2, 0.25) is 5.75 Å². The molecule has 0 radical (unpaired) electrons. The fourth-order valence-corrected chi connectivity index (χ4v) is 2.49. The number of carbonyl (C=O) groups excluding carboxylic acids is 1. The first-order chi connectivity index (χ1) is 12.3. The Kier molecular flexibility index (Phi) is 6.47. The van der Waals surface area contributed by atoms with Crippen LogP contribution in [0.4, 0.5) is 13.2 Å². The lowest BCUT2D eigenvalue weighted by atomic mass is 10.1. The molecule has 2 rings (SSSR count). The van der Waals surface area contributed by atoms with Crippen LogP contribution in [0.25, 0.3) is 0 Å². The summed E-state index contributed by atoms with van der Waals surface area (Å²) in [5, 5.41) is 0.115. The second-order valence-electron chi connectivity index (χ2n) is 5.07. The third-order valence-electron chi connectivity index (χ3n) is 3.42. The number of benzene rings is 1. The summed E-state index contributed by atoms with van der Waals surface area (Å²) < 4.78 is 53.7. The quantitative estimate of drug-likeness (QED) is 0.481. The van der Waals surface area contributed by atoms with Gasteiger partial charge in [-0.15, -0.1) is 0 Å². The number of alkyl halides is 4. The molecule has 2 aromatic rings. The number of hydrogen-bond donors (Lipinski definition) is 0. The van der Waals surface area contributed by atoms with Crippen molar-refractivity contribution >= 4 is 21.7 Å². The van der Waals surface area contributed by atoms with E-state index in [9.17, 15) is 18.0 Å². The van der Waals surface area contributed by atoms with Gasteiger partial charge < -0.3 is 14.2 Å². The van der Waals surface area contributed by atoms with Crippen LogP contribution in [0.2, 0.25) is 0 Å². The first kappa shape index (κ1) is 20.0. The highest BCUT2D eigenvalue weighted by molar-refractivity contribution is 9.09. The molecule has 1 aromatic heterocycles. The lowest BCUT2D eigenvalue weighted by molar-refractivity contribution is -0.141. The number of halogens is 4. The summed E-state index contributed by atoms with van der Waals surface area (Å²) in [4.78, 5) is 15.3. The van der Waals surface area contributed by atoms with E-state index in [1.807, 2.05) is 0 Å². The van der Waals surface area contributed by atoms with Gasteiger partial charge in [0.25, 0.3) is 0 Å². The Morgan fingerprint density at radius 2 is 1.81 bits per heavy atom. The number of hydrogen-bond acceptors (Lipinski definition) is 5. The van der Waals surface area contributed by atoms with Crippen molar-refractivity contribution in [3.05, 3.63) is 47.3 Å². The van der Waals surface area contributed by atoms with Gasteiger partial charge in [-0.2, -0.15) is 13.2 Å². The van der Waals surface area contributed by atoms with Crippen LogP contribution in [0.3, 0.4) is 0 Å². The predicted octanol–water partition coefficient (Wildman–Crippen LogP) is 4.27. The summed E-state index contributed by atoms with van der Waals surface area (Å²) in [5.74, 6) is 0.535. The van der Waals surface area contributed by atoms with Crippen molar-refractivity contribution in [3.8, 4) is 17.2 Å². The Morgan fingerprint density at radius 1 is 1.12 bits per heavy atom. The number of aromatic nitrogens is 1. The van der Waals surface area contributed by atoms with Crippen LogP contribution in [0, 0.1) is 0 Å². The van der Waals surface area contributed by atoms with E-state index in [-0.39, 0.29) is 35.0 Å². The Balaban J connectivity index is 2.23. The van der Waals surface area contributed by atoms with Gasteiger partial charge in [-0.3, -0.25) is 9.78 Å². The molecular formula is C17H15BrF3NO4. The maximum absolute atomic E-state index is 12.5. The van der Waals surface area contributed by atoms with Gasteiger partial charge in [0.15, 0.2) is 17.3 Å². The van der Waals surface area contributed by atoms with Gasteiger partial charge in [-0.25, -0.2) is 0 Å².